The van der Waals surface area contributed by atoms with Gasteiger partial charge in [0.2, 0.25) is 0 Å². The number of H-pyrrole nitrogens is 1. The van der Waals surface area contributed by atoms with Crippen molar-refractivity contribution >= 4 is 44.0 Å². The van der Waals surface area contributed by atoms with Gasteiger partial charge in [-0.1, -0.05) is 0 Å². The first-order valence-electron chi connectivity index (χ1n) is 10.1. The second-order valence-electron chi connectivity index (χ2n) is 7.33. The number of rotatable bonds is 7. The minimum atomic E-state index is -3.71. The van der Waals surface area contributed by atoms with Gasteiger partial charge in [0.1, 0.15) is 34.9 Å². The van der Waals surface area contributed by atoms with Crippen LogP contribution in [0, 0.1) is 24.1 Å². The summed E-state index contributed by atoms with van der Waals surface area (Å²) in [6, 6.07) is 10.4. The Morgan fingerprint density at radius 2 is 1.88 bits per heavy atom. The third-order valence-corrected chi connectivity index (χ3v) is 5.84. The minimum absolute atomic E-state index is 0.118. The molecule has 0 spiro atoms. The van der Waals surface area contributed by atoms with E-state index in [0.29, 0.717) is 46.7 Å². The zero-order chi connectivity index (χ0) is 24.5. The first-order valence-corrected chi connectivity index (χ1v) is 12.0. The predicted molar refractivity (Wildman–Crippen MR) is 125 cm³/mol. The number of aromatic nitrogens is 4. The van der Waals surface area contributed by atoms with Gasteiger partial charge in [-0.2, -0.15) is 5.26 Å². The van der Waals surface area contributed by atoms with E-state index < -0.39 is 15.7 Å². The predicted octanol–water partition coefficient (Wildman–Crippen LogP) is 3.96. The molecule has 0 fully saturated rings. The number of pyridine rings is 2. The normalized spacial score (nSPS) is 11.3. The van der Waals surface area contributed by atoms with Gasteiger partial charge >= 0.3 is 0 Å². The number of sulfone groups is 1. The molecule has 0 bridgehead atoms. The second-order valence-corrected chi connectivity index (χ2v) is 9.31. The van der Waals surface area contributed by atoms with Gasteiger partial charge < -0.3 is 20.4 Å². The molecule has 0 aliphatic heterocycles. The van der Waals surface area contributed by atoms with E-state index in [0.717, 1.165) is 18.4 Å². The summed E-state index contributed by atoms with van der Waals surface area (Å²) in [5, 5.41) is 15.4. The number of ether oxygens (including phenoxy) is 1. The number of imidazole rings is 1. The zero-order valence-corrected chi connectivity index (χ0v) is 19.3. The lowest BCUT2D eigenvalue weighted by Gasteiger charge is -2.13. The monoisotopic (exact) mass is 481 g/mol. The van der Waals surface area contributed by atoms with Crippen LogP contribution in [0.5, 0.6) is 5.75 Å². The number of hydrogen-bond donors (Lipinski definition) is 3. The van der Waals surface area contributed by atoms with Crippen molar-refractivity contribution in [1.29, 1.82) is 5.26 Å². The summed E-state index contributed by atoms with van der Waals surface area (Å²) in [5.74, 6) is 1.000. The molecular formula is C22H20FN7O3S. The molecule has 10 nitrogen and oxygen atoms in total. The largest absolute Gasteiger partial charge is 0.491 e. The highest BCUT2D eigenvalue weighted by molar-refractivity contribution is 7.90. The van der Waals surface area contributed by atoms with Crippen LogP contribution in [-0.4, -0.2) is 41.2 Å². The van der Waals surface area contributed by atoms with Crippen molar-refractivity contribution in [3.8, 4) is 11.8 Å². The highest BCUT2D eigenvalue weighted by atomic mass is 32.2. The van der Waals surface area contributed by atoms with Gasteiger partial charge in [-0.05, 0) is 44.2 Å². The van der Waals surface area contributed by atoms with Crippen LogP contribution in [-0.2, 0) is 9.84 Å². The summed E-state index contributed by atoms with van der Waals surface area (Å²) in [6.07, 6.45) is 1.01. The molecule has 3 aromatic heterocycles. The molecule has 3 heterocycles. The van der Waals surface area contributed by atoms with Gasteiger partial charge in [0, 0.05) is 12.3 Å². The fraction of sp³-hybridized carbons (Fsp3) is 0.182. The first-order chi connectivity index (χ1) is 16.2. The van der Waals surface area contributed by atoms with Crippen LogP contribution < -0.4 is 15.4 Å². The third-order valence-electron chi connectivity index (χ3n) is 4.70. The number of fused-ring (bicyclic) bond motifs is 1. The molecule has 34 heavy (non-hydrogen) atoms. The van der Waals surface area contributed by atoms with Crippen molar-refractivity contribution in [3.05, 3.63) is 53.7 Å². The highest BCUT2D eigenvalue weighted by Crippen LogP contribution is 2.31. The smallest absolute Gasteiger partial charge is 0.184 e. The first kappa shape index (κ1) is 22.9. The van der Waals surface area contributed by atoms with E-state index in [4.69, 9.17) is 4.74 Å². The number of anilines is 4. The molecule has 0 unspecified atom stereocenters. The molecule has 0 atom stereocenters. The Morgan fingerprint density at radius 1 is 1.09 bits per heavy atom. The molecule has 0 aliphatic carbocycles. The molecule has 1 aromatic carbocycles. The number of hydrogen-bond acceptors (Lipinski definition) is 9. The number of halogens is 1. The van der Waals surface area contributed by atoms with E-state index in [1.807, 2.05) is 13.0 Å². The number of nitrogens with one attached hydrogen (secondary N) is 3. The maximum absolute atomic E-state index is 13.7. The van der Waals surface area contributed by atoms with E-state index in [-0.39, 0.29) is 16.3 Å². The highest BCUT2D eigenvalue weighted by Gasteiger charge is 2.18. The number of aryl methyl sites for hydroxylation is 1. The van der Waals surface area contributed by atoms with Crippen molar-refractivity contribution in [2.75, 3.05) is 23.5 Å². The molecule has 0 aliphatic rings. The average Bonchev–Trinajstić information content (AvgIpc) is 3.16. The third kappa shape index (κ3) is 4.74. The van der Waals surface area contributed by atoms with Gasteiger partial charge in [-0.3, -0.25) is 0 Å². The van der Waals surface area contributed by atoms with Crippen LogP contribution in [0.1, 0.15) is 18.4 Å². The molecule has 12 heteroatoms. The van der Waals surface area contributed by atoms with Gasteiger partial charge in [-0.15, -0.1) is 0 Å². The van der Waals surface area contributed by atoms with E-state index in [1.165, 1.54) is 6.07 Å². The molecule has 0 amide bonds. The average molecular weight is 482 g/mol. The standard InChI is InChI=1S/C22H20FN7O3S/c1-4-33-17-7-8-19(28-16(17)11-24)29-20-10-15(21-22(30-20)26-12(2)25-21)27-14-6-5-13(23)9-18(14)34(3,31)32/h5-10H,4H2,1-3H3,(H3,25,26,27,28,29,30). The van der Waals surface area contributed by atoms with Crippen molar-refractivity contribution in [2.24, 2.45) is 0 Å². The Balaban J connectivity index is 1.76. The van der Waals surface area contributed by atoms with Crippen LogP contribution in [0.3, 0.4) is 0 Å². The van der Waals surface area contributed by atoms with Crippen LogP contribution in [0.15, 0.2) is 41.3 Å². The molecule has 3 N–H and O–H groups in total. The summed E-state index contributed by atoms with van der Waals surface area (Å²) in [4.78, 5) is 16.0. The number of benzene rings is 1. The van der Waals surface area contributed by atoms with Gasteiger partial charge in [0.05, 0.1) is 22.9 Å². The maximum atomic E-state index is 13.7. The topological polar surface area (TPSA) is 146 Å². The fourth-order valence-electron chi connectivity index (χ4n) is 3.32. The van der Waals surface area contributed by atoms with E-state index >= 15 is 0 Å². The number of nitriles is 1. The van der Waals surface area contributed by atoms with Gasteiger partial charge in [0.15, 0.2) is 26.9 Å². The molecule has 0 saturated heterocycles. The molecule has 4 rings (SSSR count). The summed E-state index contributed by atoms with van der Waals surface area (Å²) in [5.41, 5.74) is 1.63. The van der Waals surface area contributed by atoms with Crippen molar-refractivity contribution in [1.82, 2.24) is 19.9 Å². The maximum Gasteiger partial charge on any atom is 0.184 e. The molecule has 4 aromatic rings. The molecule has 0 saturated carbocycles. The number of aromatic amines is 1. The SMILES string of the molecule is CCOc1ccc(Nc2cc(Nc3ccc(F)cc3S(C)(=O)=O)c3nc(C)[nH]c3n2)nc1C#N. The lowest BCUT2D eigenvalue weighted by atomic mass is 10.2. The van der Waals surface area contributed by atoms with Crippen LogP contribution in [0.4, 0.5) is 27.4 Å². The number of nitrogens with zero attached hydrogens (tertiary/aromatic N) is 4. The molecule has 0 radical (unpaired) electrons. The van der Waals surface area contributed by atoms with Crippen molar-refractivity contribution < 1.29 is 17.5 Å². The lowest BCUT2D eigenvalue weighted by Crippen LogP contribution is -2.05. The molecular weight excluding hydrogens is 461 g/mol. The Hall–Kier alpha value is -4.24. The van der Waals surface area contributed by atoms with Gasteiger partial charge in [-0.25, -0.2) is 27.8 Å². The summed E-state index contributed by atoms with van der Waals surface area (Å²) in [7, 11) is -3.71. The molecule has 174 valence electrons. The zero-order valence-electron chi connectivity index (χ0n) is 18.5. The Kier molecular flexibility index (Phi) is 6.04. The lowest BCUT2D eigenvalue weighted by molar-refractivity contribution is 0.338. The Morgan fingerprint density at radius 3 is 2.59 bits per heavy atom. The summed E-state index contributed by atoms with van der Waals surface area (Å²) in [6.45, 7) is 3.96. The van der Waals surface area contributed by atoms with Gasteiger partial charge in [0.25, 0.3) is 0 Å². The summed E-state index contributed by atoms with van der Waals surface area (Å²) >= 11 is 0. The Bertz CT molecular complexity index is 1540. The van der Waals surface area contributed by atoms with Crippen LogP contribution in [0.25, 0.3) is 11.2 Å². The van der Waals surface area contributed by atoms with Crippen molar-refractivity contribution in [2.45, 2.75) is 18.7 Å². The van der Waals surface area contributed by atoms with Crippen LogP contribution in [0.2, 0.25) is 0 Å². The fourth-order valence-corrected chi connectivity index (χ4v) is 4.16. The quantitative estimate of drug-likeness (QED) is 0.357. The minimum Gasteiger partial charge on any atom is -0.491 e. The van der Waals surface area contributed by atoms with Crippen LogP contribution >= 0.6 is 0 Å². The van der Waals surface area contributed by atoms with E-state index in [1.54, 1.807) is 25.1 Å². The van der Waals surface area contributed by atoms with E-state index in [2.05, 4.69) is 30.6 Å². The van der Waals surface area contributed by atoms with E-state index in [9.17, 15) is 18.1 Å². The Labute approximate surface area is 194 Å². The summed E-state index contributed by atoms with van der Waals surface area (Å²) < 4.78 is 43.6. The van der Waals surface area contributed by atoms with Crippen molar-refractivity contribution in [3.63, 3.8) is 0 Å². The second kappa shape index (κ2) is 8.95.